The molecule has 2 aromatic carbocycles. The smallest absolute Gasteiger partial charge is 0.238 e. The first-order valence-corrected chi connectivity index (χ1v) is 10.6. The van der Waals surface area contributed by atoms with E-state index in [1.165, 1.54) is 5.56 Å². The Morgan fingerprint density at radius 3 is 2.79 bits per heavy atom. The van der Waals surface area contributed by atoms with Crippen LogP contribution < -0.4 is 14.8 Å². The molecule has 1 saturated heterocycles. The normalized spacial score (nSPS) is 19.3. The molecule has 1 atom stereocenters. The minimum atomic E-state index is 0.00537. The van der Waals surface area contributed by atoms with Crippen molar-refractivity contribution in [3.63, 3.8) is 0 Å². The lowest BCUT2D eigenvalue weighted by molar-refractivity contribution is -0.117. The molecule has 148 valence electrons. The Balaban J connectivity index is 1.45. The molecule has 28 heavy (non-hydrogen) atoms. The van der Waals surface area contributed by atoms with Crippen molar-refractivity contribution in [2.24, 2.45) is 0 Å². The fraction of sp³-hybridized carbons (Fsp3) is 0.409. The SMILES string of the molecule is Cc1ccc(NC(=O)CN2CCC[C@@H]2c2ccc3c(c2)OCCCO3)c(Br)c1. The summed E-state index contributed by atoms with van der Waals surface area (Å²) in [7, 11) is 0. The Hall–Kier alpha value is -2.05. The van der Waals surface area contributed by atoms with Gasteiger partial charge in [0.1, 0.15) is 0 Å². The van der Waals surface area contributed by atoms with Crippen LogP contribution in [0.3, 0.4) is 0 Å². The average Bonchev–Trinajstić information content (AvgIpc) is 2.99. The lowest BCUT2D eigenvalue weighted by atomic mass is 10.0. The van der Waals surface area contributed by atoms with Crippen molar-refractivity contribution in [3.05, 3.63) is 52.0 Å². The molecule has 0 aromatic heterocycles. The molecule has 0 unspecified atom stereocenters. The second-order valence-electron chi connectivity index (χ2n) is 7.42. The fourth-order valence-corrected chi connectivity index (χ4v) is 4.47. The number of ether oxygens (including phenoxy) is 2. The number of amides is 1. The van der Waals surface area contributed by atoms with E-state index in [-0.39, 0.29) is 11.9 Å². The zero-order valence-electron chi connectivity index (χ0n) is 16.0. The Morgan fingerprint density at radius 1 is 1.14 bits per heavy atom. The number of anilines is 1. The second-order valence-corrected chi connectivity index (χ2v) is 8.27. The van der Waals surface area contributed by atoms with Gasteiger partial charge in [-0.1, -0.05) is 12.1 Å². The highest BCUT2D eigenvalue weighted by molar-refractivity contribution is 9.10. The minimum absolute atomic E-state index is 0.00537. The summed E-state index contributed by atoms with van der Waals surface area (Å²) in [5.41, 5.74) is 3.15. The van der Waals surface area contributed by atoms with Gasteiger partial charge in [-0.15, -0.1) is 0 Å². The lowest BCUT2D eigenvalue weighted by Crippen LogP contribution is -2.33. The highest BCUT2D eigenvalue weighted by atomic mass is 79.9. The highest BCUT2D eigenvalue weighted by Crippen LogP contribution is 2.37. The third-order valence-corrected chi connectivity index (χ3v) is 5.92. The van der Waals surface area contributed by atoms with Gasteiger partial charge in [0.05, 0.1) is 25.4 Å². The van der Waals surface area contributed by atoms with Crippen molar-refractivity contribution in [2.45, 2.75) is 32.2 Å². The Kier molecular flexibility index (Phi) is 5.87. The fourth-order valence-electron chi connectivity index (χ4n) is 3.88. The van der Waals surface area contributed by atoms with Gasteiger partial charge in [-0.05, 0) is 77.6 Å². The summed E-state index contributed by atoms with van der Waals surface area (Å²) in [5, 5.41) is 3.02. The molecule has 0 spiro atoms. The van der Waals surface area contributed by atoms with Gasteiger partial charge in [0.15, 0.2) is 11.5 Å². The van der Waals surface area contributed by atoms with Crippen molar-refractivity contribution in [2.75, 3.05) is 31.6 Å². The first-order valence-electron chi connectivity index (χ1n) is 9.80. The van der Waals surface area contributed by atoms with Crippen LogP contribution >= 0.6 is 15.9 Å². The van der Waals surface area contributed by atoms with E-state index in [1.54, 1.807) is 0 Å². The van der Waals surface area contributed by atoms with Crippen LogP contribution in [-0.2, 0) is 4.79 Å². The molecule has 0 aliphatic carbocycles. The molecule has 0 saturated carbocycles. The number of likely N-dealkylation sites (tertiary alicyclic amines) is 1. The summed E-state index contributed by atoms with van der Waals surface area (Å²) in [4.78, 5) is 14.9. The number of rotatable bonds is 4. The quantitative estimate of drug-likeness (QED) is 0.742. The van der Waals surface area contributed by atoms with Crippen LogP contribution in [0.15, 0.2) is 40.9 Å². The standard InChI is InChI=1S/C22H25BrN2O3/c1-15-5-7-18(17(23)12-15)24-22(26)14-25-9-2-4-19(25)16-6-8-20-21(13-16)28-11-3-10-27-20/h5-8,12-13,19H,2-4,9-11,14H2,1H3,(H,24,26)/t19-/m1/s1. The Bertz CT molecular complexity index is 871. The molecule has 1 amide bonds. The van der Waals surface area contributed by atoms with Crippen LogP contribution in [0.5, 0.6) is 11.5 Å². The van der Waals surface area contributed by atoms with Gasteiger partial charge in [-0.2, -0.15) is 0 Å². The third-order valence-electron chi connectivity index (χ3n) is 5.27. The first-order chi connectivity index (χ1) is 13.6. The molecule has 2 aromatic rings. The van der Waals surface area contributed by atoms with Gasteiger partial charge < -0.3 is 14.8 Å². The number of aryl methyl sites for hydroxylation is 1. The van der Waals surface area contributed by atoms with E-state index < -0.39 is 0 Å². The second kappa shape index (κ2) is 8.53. The maximum atomic E-state index is 12.6. The molecular weight excluding hydrogens is 420 g/mol. The molecule has 0 bridgehead atoms. The number of nitrogens with one attached hydrogen (secondary N) is 1. The summed E-state index contributed by atoms with van der Waals surface area (Å²) in [6, 6.07) is 12.3. The molecule has 5 nitrogen and oxygen atoms in total. The van der Waals surface area contributed by atoms with Crippen LogP contribution in [-0.4, -0.2) is 37.1 Å². The number of nitrogens with zero attached hydrogens (tertiary/aromatic N) is 1. The number of benzene rings is 2. The van der Waals surface area contributed by atoms with Gasteiger partial charge in [0, 0.05) is 16.9 Å². The van der Waals surface area contributed by atoms with Crippen molar-refractivity contribution in [3.8, 4) is 11.5 Å². The van der Waals surface area contributed by atoms with Crippen LogP contribution in [0, 0.1) is 6.92 Å². The number of carbonyl (C=O) groups excluding carboxylic acids is 1. The van der Waals surface area contributed by atoms with E-state index in [1.807, 2.05) is 31.2 Å². The zero-order valence-corrected chi connectivity index (χ0v) is 17.6. The summed E-state index contributed by atoms with van der Waals surface area (Å²) >= 11 is 3.52. The minimum Gasteiger partial charge on any atom is -0.490 e. The predicted octanol–water partition coefficient (Wildman–Crippen LogP) is 4.69. The predicted molar refractivity (Wildman–Crippen MR) is 113 cm³/mol. The van der Waals surface area contributed by atoms with Crippen molar-refractivity contribution >= 4 is 27.5 Å². The van der Waals surface area contributed by atoms with Gasteiger partial charge in [-0.3, -0.25) is 9.69 Å². The largest absolute Gasteiger partial charge is 0.490 e. The zero-order chi connectivity index (χ0) is 19.5. The number of hydrogen-bond donors (Lipinski definition) is 1. The number of halogens is 1. The molecular formula is C22H25BrN2O3. The van der Waals surface area contributed by atoms with Crippen molar-refractivity contribution in [1.82, 2.24) is 4.90 Å². The van der Waals surface area contributed by atoms with Gasteiger partial charge >= 0.3 is 0 Å². The van der Waals surface area contributed by atoms with E-state index in [9.17, 15) is 4.79 Å². The molecule has 2 heterocycles. The highest BCUT2D eigenvalue weighted by Gasteiger charge is 2.28. The molecule has 1 N–H and O–H groups in total. The van der Waals surface area contributed by atoms with Crippen LogP contribution in [0.25, 0.3) is 0 Å². The molecule has 6 heteroatoms. The van der Waals surface area contributed by atoms with Gasteiger partial charge in [-0.25, -0.2) is 0 Å². The summed E-state index contributed by atoms with van der Waals surface area (Å²) in [5.74, 6) is 1.63. The monoisotopic (exact) mass is 444 g/mol. The summed E-state index contributed by atoms with van der Waals surface area (Å²) in [6.07, 6.45) is 3.02. The molecule has 0 radical (unpaired) electrons. The maximum absolute atomic E-state index is 12.6. The molecule has 1 fully saturated rings. The topological polar surface area (TPSA) is 50.8 Å². The van der Waals surface area contributed by atoms with E-state index >= 15 is 0 Å². The average molecular weight is 445 g/mol. The molecule has 4 rings (SSSR count). The number of hydrogen-bond acceptors (Lipinski definition) is 4. The number of carbonyl (C=O) groups is 1. The lowest BCUT2D eigenvalue weighted by Gasteiger charge is -2.25. The number of fused-ring (bicyclic) bond motifs is 1. The van der Waals surface area contributed by atoms with E-state index in [4.69, 9.17) is 9.47 Å². The molecule has 2 aliphatic heterocycles. The van der Waals surface area contributed by atoms with E-state index in [0.717, 1.165) is 53.0 Å². The van der Waals surface area contributed by atoms with Gasteiger partial charge in [0.25, 0.3) is 0 Å². The third kappa shape index (κ3) is 4.33. The summed E-state index contributed by atoms with van der Waals surface area (Å²) < 4.78 is 12.5. The van der Waals surface area contributed by atoms with Crippen molar-refractivity contribution < 1.29 is 14.3 Å². The van der Waals surface area contributed by atoms with Crippen LogP contribution in [0.1, 0.15) is 36.4 Å². The summed E-state index contributed by atoms with van der Waals surface area (Å²) in [6.45, 7) is 4.69. The van der Waals surface area contributed by atoms with E-state index in [0.29, 0.717) is 19.8 Å². The maximum Gasteiger partial charge on any atom is 0.238 e. The van der Waals surface area contributed by atoms with Gasteiger partial charge in [0.2, 0.25) is 5.91 Å². The van der Waals surface area contributed by atoms with Crippen LogP contribution in [0.4, 0.5) is 5.69 Å². The van der Waals surface area contributed by atoms with Crippen LogP contribution in [0.2, 0.25) is 0 Å². The van der Waals surface area contributed by atoms with Crippen molar-refractivity contribution in [1.29, 1.82) is 0 Å². The Labute approximate surface area is 174 Å². The first kappa shape index (κ1) is 19.3. The van der Waals surface area contributed by atoms with E-state index in [2.05, 4.69) is 38.3 Å². The Morgan fingerprint density at radius 2 is 1.96 bits per heavy atom. The molecule has 2 aliphatic rings.